The van der Waals surface area contributed by atoms with E-state index in [1.165, 1.54) is 4.90 Å². The molecule has 230 valence electrons. The van der Waals surface area contributed by atoms with Crippen molar-refractivity contribution in [1.82, 2.24) is 20.9 Å². The molecule has 1 aromatic carbocycles. The van der Waals surface area contributed by atoms with E-state index in [0.29, 0.717) is 31.8 Å². The minimum atomic E-state index is -0.515. The van der Waals surface area contributed by atoms with E-state index in [-0.39, 0.29) is 43.3 Å². The van der Waals surface area contributed by atoms with E-state index in [2.05, 4.69) is 16.0 Å². The number of ether oxygens (including phenoxy) is 3. The minimum absolute atomic E-state index is 0.0631. The van der Waals surface area contributed by atoms with Gasteiger partial charge in [-0.3, -0.25) is 14.4 Å². The molecular formula is C30H48N4O7. The van der Waals surface area contributed by atoms with Crippen LogP contribution in [0.1, 0.15) is 65.9 Å². The molecule has 0 saturated heterocycles. The largest absolute Gasteiger partial charge is 0.497 e. The standard InChI is InChI=1S/C30H48N4O7/c1-21(2)18-34(19-26(35)31-13-9-7-8-10-14-32-29(38)41-30(3,4)5)27(36)17-33-28(37)23-15-22-16-24(39-6)11-12-25(22)40-20-23/h11-12,16,21,23H,7-10,13-15,17-20H2,1-6H3,(H,31,35)(H,32,38)(H,33,37). The number of benzene rings is 1. The molecule has 2 rings (SSSR count). The Bertz CT molecular complexity index is 1020. The molecule has 41 heavy (non-hydrogen) atoms. The molecule has 0 aromatic heterocycles. The van der Waals surface area contributed by atoms with Crippen LogP contribution in [-0.4, -0.2) is 80.8 Å². The Morgan fingerprint density at radius 3 is 2.34 bits per heavy atom. The number of carbonyl (C=O) groups is 4. The summed E-state index contributed by atoms with van der Waals surface area (Å²) in [6.07, 6.45) is 3.51. The Labute approximate surface area is 244 Å². The van der Waals surface area contributed by atoms with Gasteiger partial charge in [-0.15, -0.1) is 0 Å². The first kappa shape index (κ1) is 33.7. The van der Waals surface area contributed by atoms with Gasteiger partial charge in [-0.2, -0.15) is 0 Å². The molecule has 0 aliphatic carbocycles. The number of methoxy groups -OCH3 is 1. The second kappa shape index (κ2) is 16.7. The van der Waals surface area contributed by atoms with Gasteiger partial charge in [-0.25, -0.2) is 4.79 Å². The van der Waals surface area contributed by atoms with Gasteiger partial charge in [-0.1, -0.05) is 26.7 Å². The molecule has 0 bridgehead atoms. The number of fused-ring (bicyclic) bond motifs is 1. The predicted molar refractivity (Wildman–Crippen MR) is 156 cm³/mol. The number of unbranched alkanes of at least 4 members (excludes halogenated alkanes) is 3. The average Bonchev–Trinajstić information content (AvgIpc) is 2.90. The highest BCUT2D eigenvalue weighted by Crippen LogP contribution is 2.30. The second-order valence-electron chi connectivity index (χ2n) is 11.8. The van der Waals surface area contributed by atoms with Crippen molar-refractivity contribution in [3.63, 3.8) is 0 Å². The number of hydrogen-bond donors (Lipinski definition) is 3. The Morgan fingerprint density at radius 1 is 1.02 bits per heavy atom. The number of alkyl carbamates (subject to hydrolysis) is 1. The first-order valence-electron chi connectivity index (χ1n) is 14.5. The van der Waals surface area contributed by atoms with Gasteiger partial charge in [0, 0.05) is 19.6 Å². The number of hydrogen-bond acceptors (Lipinski definition) is 7. The van der Waals surface area contributed by atoms with Crippen molar-refractivity contribution < 1.29 is 33.4 Å². The molecule has 1 heterocycles. The van der Waals surface area contributed by atoms with Crippen LogP contribution in [0.25, 0.3) is 0 Å². The van der Waals surface area contributed by atoms with E-state index >= 15 is 0 Å². The number of nitrogens with zero attached hydrogens (tertiary/aromatic N) is 1. The van der Waals surface area contributed by atoms with E-state index in [1.807, 2.05) is 52.8 Å². The third-order valence-electron chi connectivity index (χ3n) is 6.33. The number of carbonyl (C=O) groups excluding carboxylic acids is 4. The van der Waals surface area contributed by atoms with Crippen molar-refractivity contribution in [2.75, 3.05) is 46.4 Å². The van der Waals surface area contributed by atoms with E-state index in [1.54, 1.807) is 7.11 Å². The second-order valence-corrected chi connectivity index (χ2v) is 11.8. The van der Waals surface area contributed by atoms with Crippen LogP contribution in [0.4, 0.5) is 4.79 Å². The molecule has 4 amide bonds. The van der Waals surface area contributed by atoms with Crippen molar-refractivity contribution in [2.45, 2.75) is 72.3 Å². The van der Waals surface area contributed by atoms with Crippen LogP contribution in [0.3, 0.4) is 0 Å². The molecule has 0 saturated carbocycles. The SMILES string of the molecule is COc1ccc2c(c1)CC(C(=O)NCC(=O)N(CC(=O)NCCCCCCNC(=O)OC(C)(C)C)CC(C)C)CO2. The highest BCUT2D eigenvalue weighted by molar-refractivity contribution is 5.89. The number of amides is 4. The molecule has 1 aliphatic heterocycles. The smallest absolute Gasteiger partial charge is 0.407 e. The zero-order valence-electron chi connectivity index (χ0n) is 25.5. The van der Waals surface area contributed by atoms with Crippen LogP contribution < -0.4 is 25.4 Å². The number of rotatable bonds is 15. The summed E-state index contributed by atoms with van der Waals surface area (Å²) in [4.78, 5) is 51.4. The summed E-state index contributed by atoms with van der Waals surface area (Å²) in [5, 5.41) is 8.34. The summed E-state index contributed by atoms with van der Waals surface area (Å²) in [7, 11) is 1.58. The summed E-state index contributed by atoms with van der Waals surface area (Å²) in [5.74, 6) is 0.366. The molecule has 1 unspecified atom stereocenters. The minimum Gasteiger partial charge on any atom is -0.497 e. The van der Waals surface area contributed by atoms with Gasteiger partial charge in [-0.05, 0) is 69.7 Å². The quantitative estimate of drug-likeness (QED) is 0.273. The summed E-state index contributed by atoms with van der Waals surface area (Å²) < 4.78 is 16.2. The van der Waals surface area contributed by atoms with Gasteiger partial charge in [0.05, 0.1) is 26.1 Å². The fourth-order valence-corrected chi connectivity index (χ4v) is 4.35. The fraction of sp³-hybridized carbons (Fsp3) is 0.667. The third-order valence-corrected chi connectivity index (χ3v) is 6.33. The van der Waals surface area contributed by atoms with Crippen molar-refractivity contribution in [1.29, 1.82) is 0 Å². The summed E-state index contributed by atoms with van der Waals surface area (Å²) in [6.45, 7) is 10.9. The number of nitrogens with one attached hydrogen (secondary N) is 3. The molecule has 1 aliphatic rings. The molecule has 1 atom stereocenters. The third kappa shape index (κ3) is 13.1. The molecule has 11 heteroatoms. The fourth-order valence-electron chi connectivity index (χ4n) is 4.35. The first-order chi connectivity index (χ1) is 19.4. The Balaban J connectivity index is 1.68. The Morgan fingerprint density at radius 2 is 1.71 bits per heavy atom. The Kier molecular flexibility index (Phi) is 13.7. The van der Waals surface area contributed by atoms with Crippen LogP contribution in [0.15, 0.2) is 18.2 Å². The van der Waals surface area contributed by atoms with Crippen LogP contribution in [0, 0.1) is 11.8 Å². The zero-order valence-corrected chi connectivity index (χ0v) is 25.5. The van der Waals surface area contributed by atoms with Gasteiger partial charge in [0.15, 0.2) is 0 Å². The van der Waals surface area contributed by atoms with E-state index in [4.69, 9.17) is 14.2 Å². The van der Waals surface area contributed by atoms with Gasteiger partial charge in [0.2, 0.25) is 17.7 Å². The van der Waals surface area contributed by atoms with Crippen LogP contribution >= 0.6 is 0 Å². The first-order valence-corrected chi connectivity index (χ1v) is 14.5. The van der Waals surface area contributed by atoms with Crippen molar-refractivity contribution in [3.8, 4) is 11.5 Å². The van der Waals surface area contributed by atoms with Crippen molar-refractivity contribution in [2.24, 2.45) is 11.8 Å². The van der Waals surface area contributed by atoms with E-state index in [0.717, 1.165) is 37.0 Å². The predicted octanol–water partition coefficient (Wildman–Crippen LogP) is 3.05. The van der Waals surface area contributed by atoms with Crippen molar-refractivity contribution in [3.05, 3.63) is 23.8 Å². The van der Waals surface area contributed by atoms with Crippen LogP contribution in [0.5, 0.6) is 11.5 Å². The molecule has 11 nitrogen and oxygen atoms in total. The van der Waals surface area contributed by atoms with E-state index < -0.39 is 17.6 Å². The van der Waals surface area contributed by atoms with Crippen molar-refractivity contribution >= 4 is 23.8 Å². The van der Waals surface area contributed by atoms with Gasteiger partial charge >= 0.3 is 6.09 Å². The maximum atomic E-state index is 12.9. The molecular weight excluding hydrogens is 528 g/mol. The molecule has 1 aromatic rings. The van der Waals surface area contributed by atoms with Gasteiger partial charge in [0.1, 0.15) is 23.7 Å². The van der Waals surface area contributed by atoms with Crippen LogP contribution in [0.2, 0.25) is 0 Å². The molecule has 0 fully saturated rings. The lowest BCUT2D eigenvalue weighted by molar-refractivity contribution is -0.137. The maximum absolute atomic E-state index is 12.9. The van der Waals surface area contributed by atoms with Gasteiger partial charge < -0.3 is 35.1 Å². The average molecular weight is 577 g/mol. The lowest BCUT2D eigenvalue weighted by Gasteiger charge is -2.26. The highest BCUT2D eigenvalue weighted by Gasteiger charge is 2.27. The van der Waals surface area contributed by atoms with E-state index in [9.17, 15) is 19.2 Å². The highest BCUT2D eigenvalue weighted by atomic mass is 16.6. The maximum Gasteiger partial charge on any atom is 0.407 e. The zero-order chi connectivity index (χ0) is 30.4. The molecule has 0 radical (unpaired) electrons. The molecule has 0 spiro atoms. The summed E-state index contributed by atoms with van der Waals surface area (Å²) in [6, 6.07) is 5.49. The van der Waals surface area contributed by atoms with Gasteiger partial charge in [0.25, 0.3) is 0 Å². The lowest BCUT2D eigenvalue weighted by atomic mass is 9.96. The summed E-state index contributed by atoms with van der Waals surface area (Å²) >= 11 is 0. The topological polar surface area (TPSA) is 135 Å². The molecule has 3 N–H and O–H groups in total. The normalized spacial score (nSPS) is 14.4. The Hall–Kier alpha value is -3.50. The monoisotopic (exact) mass is 576 g/mol. The van der Waals surface area contributed by atoms with Crippen LogP contribution in [-0.2, 0) is 25.5 Å². The summed E-state index contributed by atoms with van der Waals surface area (Å²) in [5.41, 5.74) is 0.372. The lowest BCUT2D eigenvalue weighted by Crippen LogP contribution is -2.48.